The van der Waals surface area contributed by atoms with E-state index in [-0.39, 0.29) is 27.9 Å². The topological polar surface area (TPSA) is 62.5 Å². The van der Waals surface area contributed by atoms with Gasteiger partial charge in [0.15, 0.2) is 0 Å². The third kappa shape index (κ3) is 2.80. The van der Waals surface area contributed by atoms with Gasteiger partial charge in [0, 0.05) is 11.9 Å². The first-order valence-electron chi connectivity index (χ1n) is 6.89. The Labute approximate surface area is 130 Å². The molecule has 3 aromatic rings. The predicted molar refractivity (Wildman–Crippen MR) is 81.3 cm³/mol. The Morgan fingerprint density at radius 2 is 2.00 bits per heavy atom. The molecule has 0 aliphatic rings. The quantitative estimate of drug-likeness (QED) is 0.768. The highest BCUT2D eigenvalue weighted by Gasteiger charge is 2.18. The van der Waals surface area contributed by atoms with Crippen LogP contribution in [-0.2, 0) is 6.54 Å². The average molecular weight is 317 g/mol. The van der Waals surface area contributed by atoms with Crippen molar-refractivity contribution in [1.82, 2.24) is 5.32 Å². The van der Waals surface area contributed by atoms with Crippen molar-refractivity contribution < 1.29 is 23.1 Å². The van der Waals surface area contributed by atoms with Crippen LogP contribution in [0, 0.1) is 11.6 Å². The van der Waals surface area contributed by atoms with E-state index in [0.717, 1.165) is 17.7 Å². The van der Waals surface area contributed by atoms with Gasteiger partial charge in [-0.25, -0.2) is 13.6 Å². The van der Waals surface area contributed by atoms with Crippen LogP contribution in [0.3, 0.4) is 0 Å². The van der Waals surface area contributed by atoms with Crippen LogP contribution in [0.25, 0.3) is 22.3 Å². The number of benzene rings is 2. The van der Waals surface area contributed by atoms with Crippen LogP contribution in [0.4, 0.5) is 8.78 Å². The molecule has 0 saturated carbocycles. The third-order valence-electron chi connectivity index (χ3n) is 3.49. The fourth-order valence-corrected chi connectivity index (χ4v) is 2.48. The number of nitrogens with one attached hydrogen (secondary N) is 1. The van der Waals surface area contributed by atoms with Gasteiger partial charge in [0.05, 0.1) is 5.56 Å². The van der Waals surface area contributed by atoms with Crippen molar-refractivity contribution in [3.63, 3.8) is 0 Å². The highest BCUT2D eigenvalue weighted by molar-refractivity contribution is 6.02. The lowest BCUT2D eigenvalue weighted by Gasteiger charge is -2.03. The molecule has 0 saturated heterocycles. The smallest absolute Gasteiger partial charge is 0.339 e. The molecule has 23 heavy (non-hydrogen) atoms. The van der Waals surface area contributed by atoms with Crippen molar-refractivity contribution in [3.05, 3.63) is 59.2 Å². The molecule has 4 nitrogen and oxygen atoms in total. The van der Waals surface area contributed by atoms with Gasteiger partial charge in [0.2, 0.25) is 0 Å². The van der Waals surface area contributed by atoms with Gasteiger partial charge in [-0.15, -0.1) is 0 Å². The molecule has 6 heteroatoms. The summed E-state index contributed by atoms with van der Waals surface area (Å²) in [5.74, 6) is -2.33. The van der Waals surface area contributed by atoms with E-state index in [1.165, 1.54) is 12.1 Å². The molecule has 0 unspecified atom stereocenters. The van der Waals surface area contributed by atoms with Crippen molar-refractivity contribution >= 4 is 16.9 Å². The lowest BCUT2D eigenvalue weighted by Crippen LogP contribution is -2.05. The summed E-state index contributed by atoms with van der Waals surface area (Å²) >= 11 is 0. The minimum absolute atomic E-state index is 0.0209. The zero-order valence-corrected chi connectivity index (χ0v) is 12.2. The van der Waals surface area contributed by atoms with Crippen molar-refractivity contribution in [3.8, 4) is 11.3 Å². The molecule has 0 amide bonds. The third-order valence-corrected chi connectivity index (χ3v) is 3.49. The molecule has 1 aromatic heterocycles. The fraction of sp³-hybridized carbons (Fsp3) is 0.118. The molecular weight excluding hydrogens is 304 g/mol. The monoisotopic (exact) mass is 317 g/mol. The molecule has 3 rings (SSSR count). The van der Waals surface area contributed by atoms with Crippen LogP contribution in [0.15, 0.2) is 40.8 Å². The van der Waals surface area contributed by atoms with Crippen molar-refractivity contribution in [2.75, 3.05) is 7.05 Å². The fourth-order valence-electron chi connectivity index (χ4n) is 2.48. The van der Waals surface area contributed by atoms with Gasteiger partial charge in [0.1, 0.15) is 28.5 Å². The molecule has 118 valence electrons. The molecule has 0 radical (unpaired) electrons. The molecule has 0 bridgehead atoms. The normalized spacial score (nSPS) is 11.1. The summed E-state index contributed by atoms with van der Waals surface area (Å²) in [5, 5.41) is 12.3. The maximum atomic E-state index is 14.2. The number of carboxylic acid groups (broad SMARTS) is 1. The molecule has 0 atom stereocenters. The second-order valence-corrected chi connectivity index (χ2v) is 5.13. The van der Waals surface area contributed by atoms with Crippen LogP contribution in [0.5, 0.6) is 0 Å². The SMILES string of the molecule is CNCc1ccc(-c2cc3cc(F)cc(C(=O)O)c3o2)c(F)c1. The number of hydrogen-bond donors (Lipinski definition) is 2. The van der Waals surface area contributed by atoms with Gasteiger partial charge >= 0.3 is 5.97 Å². The van der Waals surface area contributed by atoms with Crippen LogP contribution in [0.1, 0.15) is 15.9 Å². The van der Waals surface area contributed by atoms with Crippen molar-refractivity contribution in [2.45, 2.75) is 6.54 Å². The largest absolute Gasteiger partial charge is 0.478 e. The highest BCUT2D eigenvalue weighted by atomic mass is 19.1. The molecular formula is C17H13F2NO3. The minimum atomic E-state index is -1.31. The Morgan fingerprint density at radius 3 is 2.65 bits per heavy atom. The molecule has 0 aliphatic carbocycles. The van der Waals surface area contributed by atoms with E-state index in [1.807, 2.05) is 0 Å². The Bertz CT molecular complexity index is 902. The van der Waals surface area contributed by atoms with Crippen LogP contribution in [0.2, 0.25) is 0 Å². The number of aromatic carboxylic acids is 1. The van der Waals surface area contributed by atoms with Gasteiger partial charge in [-0.2, -0.15) is 0 Å². The van der Waals surface area contributed by atoms with E-state index in [2.05, 4.69) is 5.32 Å². The number of halogens is 2. The Balaban J connectivity index is 2.14. The first kappa shape index (κ1) is 15.2. The summed E-state index contributed by atoms with van der Waals surface area (Å²) in [6.45, 7) is 0.520. The lowest BCUT2D eigenvalue weighted by molar-refractivity contribution is 0.0697. The maximum Gasteiger partial charge on any atom is 0.339 e. The molecule has 2 N–H and O–H groups in total. The number of rotatable bonds is 4. The Morgan fingerprint density at radius 1 is 1.22 bits per heavy atom. The number of carbonyl (C=O) groups is 1. The van der Waals surface area contributed by atoms with Gasteiger partial charge < -0.3 is 14.8 Å². The zero-order valence-electron chi connectivity index (χ0n) is 12.2. The average Bonchev–Trinajstić information content (AvgIpc) is 2.89. The Hall–Kier alpha value is -2.73. The van der Waals surface area contributed by atoms with E-state index in [1.54, 1.807) is 19.2 Å². The van der Waals surface area contributed by atoms with E-state index in [4.69, 9.17) is 9.52 Å². The van der Waals surface area contributed by atoms with E-state index in [9.17, 15) is 13.6 Å². The second-order valence-electron chi connectivity index (χ2n) is 5.13. The summed E-state index contributed by atoms with van der Waals surface area (Å²) in [7, 11) is 1.76. The Kier molecular flexibility index (Phi) is 3.83. The zero-order chi connectivity index (χ0) is 16.6. The first-order valence-corrected chi connectivity index (χ1v) is 6.89. The summed E-state index contributed by atoms with van der Waals surface area (Å²) in [6, 6.07) is 8.13. The minimum Gasteiger partial charge on any atom is -0.478 e. The number of hydrogen-bond acceptors (Lipinski definition) is 3. The van der Waals surface area contributed by atoms with Crippen LogP contribution >= 0.6 is 0 Å². The summed E-state index contributed by atoms with van der Waals surface area (Å²) in [5.41, 5.74) is 0.686. The summed E-state index contributed by atoms with van der Waals surface area (Å²) < 4.78 is 33.2. The van der Waals surface area contributed by atoms with Gasteiger partial charge in [-0.3, -0.25) is 0 Å². The standard InChI is InChI=1S/C17H13F2NO3/c1-20-8-9-2-3-12(14(19)4-9)15-6-10-5-11(18)7-13(17(21)22)16(10)23-15/h2-7,20H,8H2,1H3,(H,21,22). The summed E-state index contributed by atoms with van der Waals surface area (Å²) in [6.07, 6.45) is 0. The first-order chi connectivity index (χ1) is 11.0. The van der Waals surface area contributed by atoms with Crippen molar-refractivity contribution in [2.24, 2.45) is 0 Å². The number of furan rings is 1. The predicted octanol–water partition coefficient (Wildman–Crippen LogP) is 3.80. The van der Waals surface area contributed by atoms with Crippen molar-refractivity contribution in [1.29, 1.82) is 0 Å². The molecule has 1 heterocycles. The number of fused-ring (bicyclic) bond motifs is 1. The lowest BCUT2D eigenvalue weighted by atomic mass is 10.1. The van der Waals surface area contributed by atoms with Gasteiger partial charge in [-0.1, -0.05) is 6.07 Å². The second kappa shape index (κ2) is 5.81. The number of carboxylic acids is 1. The van der Waals surface area contributed by atoms with E-state index in [0.29, 0.717) is 6.54 Å². The highest BCUT2D eigenvalue weighted by Crippen LogP contribution is 2.32. The molecule has 2 aromatic carbocycles. The van der Waals surface area contributed by atoms with Crippen LogP contribution < -0.4 is 5.32 Å². The summed E-state index contributed by atoms with van der Waals surface area (Å²) in [4.78, 5) is 11.2. The van der Waals surface area contributed by atoms with E-state index < -0.39 is 17.6 Å². The van der Waals surface area contributed by atoms with Gasteiger partial charge in [-0.05, 0) is 42.9 Å². The van der Waals surface area contributed by atoms with E-state index >= 15 is 0 Å². The molecule has 0 aliphatic heterocycles. The maximum absolute atomic E-state index is 14.2. The van der Waals surface area contributed by atoms with Crippen LogP contribution in [-0.4, -0.2) is 18.1 Å². The molecule has 0 fully saturated rings. The molecule has 0 spiro atoms. The van der Waals surface area contributed by atoms with Gasteiger partial charge in [0.25, 0.3) is 0 Å².